The summed E-state index contributed by atoms with van der Waals surface area (Å²) in [7, 11) is 0. The van der Waals surface area contributed by atoms with Gasteiger partial charge >= 0.3 is 0 Å². The molecule has 96 valence electrons. The van der Waals surface area contributed by atoms with Gasteiger partial charge in [-0.3, -0.25) is 0 Å². The van der Waals surface area contributed by atoms with Crippen molar-refractivity contribution in [1.29, 1.82) is 0 Å². The number of benzene rings is 1. The Balaban J connectivity index is 1.98. The number of hydrogen-bond donors (Lipinski definition) is 1. The Labute approximate surface area is 113 Å². The van der Waals surface area contributed by atoms with E-state index in [4.69, 9.17) is 4.74 Å². The van der Waals surface area contributed by atoms with Crippen LogP contribution >= 0.6 is 11.3 Å². The molecule has 0 saturated carbocycles. The van der Waals surface area contributed by atoms with Crippen molar-refractivity contribution < 1.29 is 4.74 Å². The third-order valence-electron chi connectivity index (χ3n) is 2.85. The summed E-state index contributed by atoms with van der Waals surface area (Å²) in [6.45, 7) is 5.90. The van der Waals surface area contributed by atoms with E-state index in [1.54, 1.807) is 11.3 Å². The summed E-state index contributed by atoms with van der Waals surface area (Å²) >= 11 is 1.70. The fourth-order valence-corrected chi connectivity index (χ4v) is 2.49. The zero-order chi connectivity index (χ0) is 12.8. The molecule has 1 heterocycles. The number of rotatable bonds is 6. The fourth-order valence-electron chi connectivity index (χ4n) is 1.84. The highest BCUT2D eigenvalue weighted by atomic mass is 32.1. The van der Waals surface area contributed by atoms with E-state index in [9.17, 15) is 0 Å². The fraction of sp³-hybridized carbons (Fsp3) is 0.333. The van der Waals surface area contributed by atoms with Gasteiger partial charge in [-0.2, -0.15) is 11.3 Å². The maximum absolute atomic E-state index is 5.80. The molecule has 0 aliphatic heterocycles. The molecule has 2 rings (SSSR count). The van der Waals surface area contributed by atoms with E-state index in [2.05, 4.69) is 48.1 Å². The first kappa shape index (κ1) is 13.1. The molecule has 0 radical (unpaired) electrons. The van der Waals surface area contributed by atoms with Crippen LogP contribution in [0.2, 0.25) is 0 Å². The van der Waals surface area contributed by atoms with Crippen molar-refractivity contribution in [3.63, 3.8) is 0 Å². The zero-order valence-corrected chi connectivity index (χ0v) is 11.7. The highest BCUT2D eigenvalue weighted by Crippen LogP contribution is 2.20. The van der Waals surface area contributed by atoms with Crippen LogP contribution in [-0.2, 0) is 6.61 Å². The first-order valence-electron chi connectivity index (χ1n) is 6.27. The van der Waals surface area contributed by atoms with Gasteiger partial charge in [-0.1, -0.05) is 19.1 Å². The van der Waals surface area contributed by atoms with Crippen molar-refractivity contribution in [2.75, 3.05) is 6.54 Å². The van der Waals surface area contributed by atoms with Crippen molar-refractivity contribution in [3.05, 3.63) is 52.2 Å². The summed E-state index contributed by atoms with van der Waals surface area (Å²) in [5.74, 6) is 0.934. The van der Waals surface area contributed by atoms with Gasteiger partial charge in [0.2, 0.25) is 0 Å². The van der Waals surface area contributed by atoms with Crippen LogP contribution in [0, 0.1) is 0 Å². The zero-order valence-electron chi connectivity index (χ0n) is 10.8. The summed E-state index contributed by atoms with van der Waals surface area (Å²) in [4.78, 5) is 0. The molecule has 0 saturated heterocycles. The van der Waals surface area contributed by atoms with Crippen LogP contribution in [0.25, 0.3) is 0 Å². The molecule has 1 aromatic heterocycles. The number of ether oxygens (including phenoxy) is 1. The smallest absolute Gasteiger partial charge is 0.120 e. The van der Waals surface area contributed by atoms with Gasteiger partial charge in [-0.15, -0.1) is 0 Å². The Bertz CT molecular complexity index is 467. The van der Waals surface area contributed by atoms with Crippen LogP contribution in [-0.4, -0.2) is 6.54 Å². The van der Waals surface area contributed by atoms with Gasteiger partial charge in [0.25, 0.3) is 0 Å². The summed E-state index contributed by atoms with van der Waals surface area (Å²) < 4.78 is 5.80. The predicted octanol–water partition coefficient (Wildman–Crippen LogP) is 4.00. The van der Waals surface area contributed by atoms with Crippen LogP contribution in [0.4, 0.5) is 0 Å². The molecule has 18 heavy (non-hydrogen) atoms. The molecule has 0 fully saturated rings. The number of hydrogen-bond acceptors (Lipinski definition) is 3. The highest BCUT2D eigenvalue weighted by Gasteiger charge is 2.04. The Morgan fingerprint density at radius 2 is 2.22 bits per heavy atom. The Kier molecular flexibility index (Phi) is 4.79. The highest BCUT2D eigenvalue weighted by molar-refractivity contribution is 7.07. The van der Waals surface area contributed by atoms with E-state index in [1.165, 1.54) is 11.1 Å². The second kappa shape index (κ2) is 6.57. The van der Waals surface area contributed by atoms with Crippen LogP contribution in [0.5, 0.6) is 5.75 Å². The van der Waals surface area contributed by atoms with Crippen molar-refractivity contribution in [2.45, 2.75) is 26.5 Å². The normalized spacial score (nSPS) is 12.3. The molecule has 0 bridgehead atoms. The molecule has 1 unspecified atom stereocenters. The summed E-state index contributed by atoms with van der Waals surface area (Å²) in [6.07, 6.45) is 0. The van der Waals surface area contributed by atoms with Gasteiger partial charge in [-0.25, -0.2) is 0 Å². The number of thiophene rings is 1. The molecule has 0 aliphatic rings. The van der Waals surface area contributed by atoms with E-state index in [0.29, 0.717) is 12.6 Å². The lowest BCUT2D eigenvalue weighted by atomic mass is 10.1. The summed E-state index contributed by atoms with van der Waals surface area (Å²) in [5, 5.41) is 7.59. The number of nitrogens with one attached hydrogen (secondary N) is 1. The Hall–Kier alpha value is -1.32. The predicted molar refractivity (Wildman–Crippen MR) is 77.2 cm³/mol. The van der Waals surface area contributed by atoms with Gasteiger partial charge in [-0.05, 0) is 53.6 Å². The molecule has 2 aromatic rings. The molecule has 0 aliphatic carbocycles. The second-order valence-corrected chi connectivity index (χ2v) is 5.05. The van der Waals surface area contributed by atoms with Gasteiger partial charge in [0, 0.05) is 6.04 Å². The van der Waals surface area contributed by atoms with Gasteiger partial charge < -0.3 is 10.1 Å². The minimum Gasteiger partial charge on any atom is -0.489 e. The van der Waals surface area contributed by atoms with Crippen molar-refractivity contribution in [1.82, 2.24) is 5.32 Å². The van der Waals surface area contributed by atoms with Gasteiger partial charge in [0.15, 0.2) is 0 Å². The molecule has 1 atom stereocenters. The molecule has 1 N–H and O–H groups in total. The molecule has 2 nitrogen and oxygen atoms in total. The molecule has 0 amide bonds. The van der Waals surface area contributed by atoms with Crippen LogP contribution in [0.15, 0.2) is 41.1 Å². The lowest BCUT2D eigenvalue weighted by Gasteiger charge is -2.14. The van der Waals surface area contributed by atoms with Crippen LogP contribution < -0.4 is 10.1 Å². The van der Waals surface area contributed by atoms with Crippen molar-refractivity contribution >= 4 is 11.3 Å². The summed E-state index contributed by atoms with van der Waals surface area (Å²) in [5.41, 5.74) is 2.49. The quantitative estimate of drug-likeness (QED) is 0.848. The van der Waals surface area contributed by atoms with Crippen molar-refractivity contribution in [2.24, 2.45) is 0 Å². The second-order valence-electron chi connectivity index (χ2n) is 4.27. The molecule has 0 spiro atoms. The van der Waals surface area contributed by atoms with E-state index >= 15 is 0 Å². The van der Waals surface area contributed by atoms with Crippen LogP contribution in [0.1, 0.15) is 31.0 Å². The third-order valence-corrected chi connectivity index (χ3v) is 3.59. The Morgan fingerprint density at radius 3 is 2.94 bits per heavy atom. The lowest BCUT2D eigenvalue weighted by Crippen LogP contribution is -2.17. The standard InChI is InChI=1S/C15H19NOS/c1-3-16-12(2)14-5-4-6-15(9-14)17-10-13-7-8-18-11-13/h4-9,11-12,16H,3,10H2,1-2H3. The summed E-state index contributed by atoms with van der Waals surface area (Å²) in [6, 6.07) is 10.8. The minimum absolute atomic E-state index is 0.361. The average molecular weight is 261 g/mol. The van der Waals surface area contributed by atoms with E-state index in [1.807, 2.05) is 12.1 Å². The molecular formula is C15H19NOS. The average Bonchev–Trinajstić information content (AvgIpc) is 2.90. The topological polar surface area (TPSA) is 21.3 Å². The minimum atomic E-state index is 0.361. The van der Waals surface area contributed by atoms with Gasteiger partial charge in [0.05, 0.1) is 0 Å². The van der Waals surface area contributed by atoms with Crippen LogP contribution in [0.3, 0.4) is 0 Å². The third kappa shape index (κ3) is 3.59. The SMILES string of the molecule is CCNC(C)c1cccc(OCc2ccsc2)c1. The maximum Gasteiger partial charge on any atom is 0.120 e. The maximum atomic E-state index is 5.80. The largest absolute Gasteiger partial charge is 0.489 e. The van der Waals surface area contributed by atoms with E-state index < -0.39 is 0 Å². The first-order chi connectivity index (χ1) is 8.79. The van der Waals surface area contributed by atoms with E-state index in [0.717, 1.165) is 12.3 Å². The van der Waals surface area contributed by atoms with Gasteiger partial charge in [0.1, 0.15) is 12.4 Å². The lowest BCUT2D eigenvalue weighted by molar-refractivity contribution is 0.306. The molecule has 1 aromatic carbocycles. The van der Waals surface area contributed by atoms with E-state index in [-0.39, 0.29) is 0 Å². The Morgan fingerprint density at radius 1 is 1.33 bits per heavy atom. The molecular weight excluding hydrogens is 242 g/mol. The molecule has 3 heteroatoms. The van der Waals surface area contributed by atoms with Crippen molar-refractivity contribution in [3.8, 4) is 5.75 Å². The first-order valence-corrected chi connectivity index (χ1v) is 7.21. The monoisotopic (exact) mass is 261 g/mol.